The van der Waals surface area contributed by atoms with Crippen LogP contribution >= 0.6 is 23.2 Å². The van der Waals surface area contributed by atoms with E-state index in [2.05, 4.69) is 5.32 Å². The van der Waals surface area contributed by atoms with Crippen LogP contribution in [0.2, 0.25) is 10.0 Å². The van der Waals surface area contributed by atoms with Crippen LogP contribution in [0.4, 0.5) is 11.4 Å². The Morgan fingerprint density at radius 1 is 1.12 bits per heavy atom. The molecule has 2 aromatic rings. The summed E-state index contributed by atoms with van der Waals surface area (Å²) in [6, 6.07) is 9.97. The molecule has 0 aliphatic heterocycles. The summed E-state index contributed by atoms with van der Waals surface area (Å²) in [5, 5.41) is 13.8. The maximum Gasteiger partial charge on any atom is 0.310 e. The number of nitrogens with one attached hydrogen (secondary N) is 1. The van der Waals surface area contributed by atoms with Crippen molar-refractivity contribution in [2.45, 2.75) is 6.42 Å². The first-order valence-electron chi connectivity index (χ1n) is 6.99. The molecule has 0 fully saturated rings. The van der Waals surface area contributed by atoms with Gasteiger partial charge in [-0.05, 0) is 29.8 Å². The number of esters is 1. The van der Waals surface area contributed by atoms with Crippen molar-refractivity contribution < 1.29 is 19.2 Å². The van der Waals surface area contributed by atoms with E-state index in [0.29, 0.717) is 21.3 Å². The lowest BCUT2D eigenvalue weighted by molar-refractivity contribution is -0.384. The van der Waals surface area contributed by atoms with Gasteiger partial charge >= 0.3 is 5.97 Å². The lowest BCUT2D eigenvalue weighted by Gasteiger charge is -2.07. The highest BCUT2D eigenvalue weighted by molar-refractivity contribution is 6.35. The Balaban J connectivity index is 1.82. The zero-order valence-corrected chi connectivity index (χ0v) is 14.2. The van der Waals surface area contributed by atoms with E-state index >= 15 is 0 Å². The molecule has 0 heterocycles. The maximum atomic E-state index is 11.8. The fourth-order valence-corrected chi connectivity index (χ4v) is 2.36. The van der Waals surface area contributed by atoms with Crippen LogP contribution in [0.25, 0.3) is 0 Å². The summed E-state index contributed by atoms with van der Waals surface area (Å²) in [5.74, 6) is -1.19. The van der Waals surface area contributed by atoms with Crippen molar-refractivity contribution in [3.63, 3.8) is 0 Å². The van der Waals surface area contributed by atoms with Gasteiger partial charge in [0.15, 0.2) is 6.61 Å². The average Bonchev–Trinajstić information content (AvgIpc) is 2.56. The minimum atomic E-state index is -0.622. The number of ether oxygens (including phenoxy) is 1. The van der Waals surface area contributed by atoms with Crippen molar-refractivity contribution in [1.29, 1.82) is 0 Å². The zero-order chi connectivity index (χ0) is 18.4. The molecular weight excluding hydrogens is 371 g/mol. The minimum absolute atomic E-state index is 0.0933. The van der Waals surface area contributed by atoms with Gasteiger partial charge in [0.05, 0.1) is 11.3 Å². The molecule has 2 rings (SSSR count). The van der Waals surface area contributed by atoms with E-state index < -0.39 is 23.4 Å². The van der Waals surface area contributed by atoms with Crippen LogP contribution in [0.1, 0.15) is 5.56 Å². The van der Waals surface area contributed by atoms with Crippen molar-refractivity contribution in [1.82, 2.24) is 0 Å². The van der Waals surface area contributed by atoms with Gasteiger partial charge in [0, 0.05) is 27.9 Å². The third kappa shape index (κ3) is 5.74. The van der Waals surface area contributed by atoms with Gasteiger partial charge < -0.3 is 10.1 Å². The van der Waals surface area contributed by atoms with Crippen molar-refractivity contribution in [2.24, 2.45) is 0 Å². The molecular formula is C16H12Cl2N2O5. The summed E-state index contributed by atoms with van der Waals surface area (Å²) in [7, 11) is 0. The molecule has 0 saturated heterocycles. The van der Waals surface area contributed by atoms with E-state index in [4.69, 9.17) is 27.9 Å². The van der Waals surface area contributed by atoms with Gasteiger partial charge in [-0.3, -0.25) is 19.7 Å². The van der Waals surface area contributed by atoms with E-state index in [1.54, 1.807) is 12.1 Å². The number of carbonyl (C=O) groups is 2. The Labute approximate surface area is 152 Å². The number of amides is 1. The van der Waals surface area contributed by atoms with E-state index in [1.165, 1.54) is 30.3 Å². The fourth-order valence-electron chi connectivity index (χ4n) is 1.88. The fraction of sp³-hybridized carbons (Fsp3) is 0.125. The summed E-state index contributed by atoms with van der Waals surface area (Å²) < 4.78 is 4.88. The molecule has 0 bridgehead atoms. The van der Waals surface area contributed by atoms with Crippen molar-refractivity contribution in [3.05, 3.63) is 68.2 Å². The number of nitro benzene ring substituents is 1. The average molecular weight is 383 g/mol. The molecule has 0 unspecified atom stereocenters. The predicted molar refractivity (Wildman–Crippen MR) is 92.9 cm³/mol. The highest BCUT2D eigenvalue weighted by Crippen LogP contribution is 2.21. The van der Waals surface area contributed by atoms with Gasteiger partial charge in [0.25, 0.3) is 11.6 Å². The second-order valence-corrected chi connectivity index (χ2v) is 5.77. The molecule has 0 aromatic heterocycles. The molecule has 130 valence electrons. The minimum Gasteiger partial charge on any atom is -0.455 e. The molecule has 0 saturated carbocycles. The zero-order valence-electron chi connectivity index (χ0n) is 12.7. The quantitative estimate of drug-likeness (QED) is 0.467. The van der Waals surface area contributed by atoms with E-state index in [1.807, 2.05) is 0 Å². The largest absolute Gasteiger partial charge is 0.455 e. The molecule has 7 nitrogen and oxygen atoms in total. The van der Waals surface area contributed by atoms with Crippen molar-refractivity contribution >= 4 is 46.5 Å². The lowest BCUT2D eigenvalue weighted by atomic mass is 10.1. The lowest BCUT2D eigenvalue weighted by Crippen LogP contribution is -2.21. The summed E-state index contributed by atoms with van der Waals surface area (Å²) in [6.07, 6.45) is -0.0964. The van der Waals surface area contributed by atoms with Crippen molar-refractivity contribution in [3.8, 4) is 0 Å². The van der Waals surface area contributed by atoms with Gasteiger partial charge in [0.2, 0.25) is 0 Å². The molecule has 1 N–H and O–H groups in total. The second-order valence-electron chi connectivity index (χ2n) is 4.93. The first-order valence-corrected chi connectivity index (χ1v) is 7.74. The van der Waals surface area contributed by atoms with Crippen LogP contribution in [-0.2, 0) is 20.7 Å². The first kappa shape index (κ1) is 18.7. The Bertz CT molecular complexity index is 809. The second kappa shape index (κ2) is 8.46. The van der Waals surface area contributed by atoms with Crippen LogP contribution in [0, 0.1) is 10.1 Å². The highest BCUT2D eigenvalue weighted by Gasteiger charge is 2.12. The van der Waals surface area contributed by atoms with E-state index in [-0.39, 0.29) is 12.1 Å². The Hall–Kier alpha value is -2.64. The summed E-state index contributed by atoms with van der Waals surface area (Å²) >= 11 is 11.7. The Morgan fingerprint density at radius 3 is 2.40 bits per heavy atom. The predicted octanol–water partition coefficient (Wildman–Crippen LogP) is 3.63. The number of nitrogens with zero attached hydrogens (tertiary/aromatic N) is 1. The van der Waals surface area contributed by atoms with Gasteiger partial charge in [-0.1, -0.05) is 29.3 Å². The smallest absolute Gasteiger partial charge is 0.310 e. The van der Waals surface area contributed by atoms with Crippen LogP contribution < -0.4 is 5.32 Å². The normalized spacial score (nSPS) is 10.2. The molecule has 0 aliphatic rings. The topological polar surface area (TPSA) is 98.5 Å². The number of halogens is 2. The SMILES string of the molecule is O=C(COC(=O)Cc1ccc(Cl)cc1Cl)Nc1ccc([N+](=O)[O-])cc1. The molecule has 0 aliphatic carbocycles. The van der Waals surface area contributed by atoms with Crippen LogP contribution in [0.15, 0.2) is 42.5 Å². The summed E-state index contributed by atoms with van der Waals surface area (Å²) in [4.78, 5) is 33.5. The summed E-state index contributed by atoms with van der Waals surface area (Å²) in [5.41, 5.74) is 0.795. The number of nitro groups is 1. The van der Waals surface area contributed by atoms with Gasteiger partial charge in [-0.15, -0.1) is 0 Å². The number of hydrogen-bond acceptors (Lipinski definition) is 5. The van der Waals surface area contributed by atoms with Gasteiger partial charge in [-0.25, -0.2) is 0 Å². The van der Waals surface area contributed by atoms with Gasteiger partial charge in [0.1, 0.15) is 0 Å². The standard InChI is InChI=1S/C16H12Cl2N2O5/c17-11-2-1-10(14(18)8-11)7-16(22)25-9-15(21)19-12-3-5-13(6-4-12)20(23)24/h1-6,8H,7,9H2,(H,19,21). The Kier molecular flexibility index (Phi) is 6.32. The summed E-state index contributed by atoms with van der Waals surface area (Å²) in [6.45, 7) is -0.485. The van der Waals surface area contributed by atoms with Crippen LogP contribution in [0.3, 0.4) is 0 Å². The van der Waals surface area contributed by atoms with Gasteiger partial charge in [-0.2, -0.15) is 0 Å². The third-order valence-corrected chi connectivity index (χ3v) is 3.66. The van der Waals surface area contributed by atoms with E-state index in [9.17, 15) is 19.7 Å². The maximum absolute atomic E-state index is 11.8. The molecule has 2 aromatic carbocycles. The number of benzene rings is 2. The molecule has 1 amide bonds. The van der Waals surface area contributed by atoms with Crippen LogP contribution in [-0.4, -0.2) is 23.4 Å². The number of non-ortho nitro benzene ring substituents is 1. The van der Waals surface area contributed by atoms with E-state index in [0.717, 1.165) is 0 Å². The molecule has 0 atom stereocenters. The monoisotopic (exact) mass is 382 g/mol. The number of carbonyl (C=O) groups excluding carboxylic acids is 2. The van der Waals surface area contributed by atoms with Crippen molar-refractivity contribution in [2.75, 3.05) is 11.9 Å². The molecule has 0 spiro atoms. The molecule has 0 radical (unpaired) electrons. The number of anilines is 1. The molecule has 9 heteroatoms. The van der Waals surface area contributed by atoms with Crippen LogP contribution in [0.5, 0.6) is 0 Å². The number of hydrogen-bond donors (Lipinski definition) is 1. The first-order chi connectivity index (χ1) is 11.8. The third-order valence-electron chi connectivity index (χ3n) is 3.08. The molecule has 25 heavy (non-hydrogen) atoms. The Morgan fingerprint density at radius 2 is 1.80 bits per heavy atom. The highest BCUT2D eigenvalue weighted by atomic mass is 35.5. The number of rotatable bonds is 6.